The Bertz CT molecular complexity index is 987. The molecule has 4 N–H and O–H groups in total. The molecule has 3 fully saturated rings. The third-order valence-electron chi connectivity index (χ3n) is 8.53. The van der Waals surface area contributed by atoms with Gasteiger partial charge in [0.05, 0.1) is 11.8 Å². The molecule has 2 heterocycles. The van der Waals surface area contributed by atoms with E-state index in [0.717, 1.165) is 63.5 Å². The average Bonchev–Trinajstić information content (AvgIpc) is 2.96. The molecule has 0 radical (unpaired) electrons. The lowest BCUT2D eigenvalue weighted by Crippen LogP contribution is -2.57. The van der Waals surface area contributed by atoms with Gasteiger partial charge in [0.15, 0.2) is 0 Å². The zero-order chi connectivity index (χ0) is 25.9. The summed E-state index contributed by atoms with van der Waals surface area (Å²) in [6.07, 6.45) is 7.63. The third-order valence-corrected chi connectivity index (χ3v) is 10.8. The Balaban J connectivity index is 1.39. The Morgan fingerprint density at radius 2 is 1.86 bits per heavy atom. The fraction of sp³-hybridized carbons (Fsp3) is 0.741. The van der Waals surface area contributed by atoms with Crippen LogP contribution in [-0.2, 0) is 14.8 Å². The minimum Gasteiger partial charge on any atom is -0.352 e. The van der Waals surface area contributed by atoms with Crippen LogP contribution in [0.15, 0.2) is 24.3 Å². The van der Waals surface area contributed by atoms with Crippen LogP contribution >= 0.6 is 11.6 Å². The Morgan fingerprint density at radius 3 is 2.58 bits per heavy atom. The van der Waals surface area contributed by atoms with Gasteiger partial charge >= 0.3 is 0 Å². The summed E-state index contributed by atoms with van der Waals surface area (Å²) in [5.74, 6) is 0.603. The van der Waals surface area contributed by atoms with E-state index in [1.54, 1.807) is 4.31 Å². The highest BCUT2D eigenvalue weighted by Gasteiger charge is 2.39. The molecule has 0 aromatic heterocycles. The van der Waals surface area contributed by atoms with Crippen LogP contribution in [0.2, 0.25) is 5.02 Å². The highest BCUT2D eigenvalue weighted by atomic mass is 35.5. The Hall–Kier alpha value is -1.19. The van der Waals surface area contributed by atoms with Crippen molar-refractivity contribution in [2.45, 2.75) is 95.3 Å². The van der Waals surface area contributed by atoms with Crippen LogP contribution in [-0.4, -0.2) is 61.6 Å². The number of hydrogen-bond acceptors (Lipinski definition) is 5. The Labute approximate surface area is 222 Å². The van der Waals surface area contributed by atoms with E-state index in [1.807, 2.05) is 24.3 Å². The summed E-state index contributed by atoms with van der Waals surface area (Å²) in [4.78, 5) is 13.4. The molecule has 1 saturated carbocycles. The zero-order valence-electron chi connectivity index (χ0n) is 21.7. The molecule has 9 heteroatoms. The number of nitrogens with one attached hydrogen (secondary N) is 2. The third kappa shape index (κ3) is 6.62. The van der Waals surface area contributed by atoms with Crippen LogP contribution in [0.4, 0.5) is 0 Å². The van der Waals surface area contributed by atoms with Crippen molar-refractivity contribution in [3.8, 4) is 0 Å². The van der Waals surface area contributed by atoms with Gasteiger partial charge in [-0.25, -0.2) is 8.42 Å². The number of amides is 1. The van der Waals surface area contributed by atoms with Crippen molar-refractivity contribution < 1.29 is 13.2 Å². The van der Waals surface area contributed by atoms with Gasteiger partial charge in [0.25, 0.3) is 0 Å². The van der Waals surface area contributed by atoms with Gasteiger partial charge in [-0.3, -0.25) is 4.79 Å². The fourth-order valence-electron chi connectivity index (χ4n) is 6.53. The zero-order valence-corrected chi connectivity index (χ0v) is 23.2. The van der Waals surface area contributed by atoms with E-state index in [4.69, 9.17) is 17.3 Å². The molecule has 4 rings (SSSR count). The molecule has 7 unspecified atom stereocenters. The maximum atomic E-state index is 13.4. The van der Waals surface area contributed by atoms with Gasteiger partial charge in [-0.05, 0) is 68.1 Å². The standard InChI is InChI=1S/C27H43ClN4O3S/c1-18(2)25(20-9-12-21(28)13-10-20)26(29)27(33)31-24-8-4-3-6-19(24)11-14-23-16-30-22-7-5-15-36(34,35)32(23)17-22/h9-10,12-13,18-19,22-26,30H,3-8,11,14-17,29H2,1-2H3,(H,31,33). The van der Waals surface area contributed by atoms with Crippen LogP contribution < -0.4 is 16.4 Å². The summed E-state index contributed by atoms with van der Waals surface area (Å²) in [7, 11) is -3.19. The van der Waals surface area contributed by atoms with Crippen molar-refractivity contribution in [1.29, 1.82) is 0 Å². The predicted molar refractivity (Wildman–Crippen MR) is 145 cm³/mol. The van der Waals surface area contributed by atoms with Crippen LogP contribution in [0.1, 0.15) is 76.7 Å². The van der Waals surface area contributed by atoms with Gasteiger partial charge < -0.3 is 16.4 Å². The number of sulfonamides is 1. The summed E-state index contributed by atoms with van der Waals surface area (Å²) in [6, 6.07) is 7.33. The molecule has 2 saturated heterocycles. The van der Waals surface area contributed by atoms with Gasteiger partial charge in [0.2, 0.25) is 15.9 Å². The lowest BCUT2D eigenvalue weighted by molar-refractivity contribution is -0.124. The van der Waals surface area contributed by atoms with Crippen molar-refractivity contribution in [3.63, 3.8) is 0 Å². The van der Waals surface area contributed by atoms with E-state index in [1.165, 1.54) is 0 Å². The lowest BCUT2D eigenvalue weighted by Gasteiger charge is -2.39. The number of halogens is 1. The van der Waals surface area contributed by atoms with Crippen molar-refractivity contribution in [1.82, 2.24) is 14.9 Å². The van der Waals surface area contributed by atoms with Crippen LogP contribution in [0.25, 0.3) is 0 Å². The molecule has 7 atom stereocenters. The molecule has 7 nitrogen and oxygen atoms in total. The maximum Gasteiger partial charge on any atom is 0.237 e. The molecule has 2 bridgehead atoms. The van der Waals surface area contributed by atoms with Gasteiger partial charge in [-0.15, -0.1) is 0 Å². The normalized spacial score (nSPS) is 31.9. The minimum absolute atomic E-state index is 0.000103. The molecular weight excluding hydrogens is 496 g/mol. The minimum atomic E-state index is -3.19. The second-order valence-electron chi connectivity index (χ2n) is 11.4. The number of rotatable bonds is 8. The SMILES string of the molecule is CC(C)C(c1ccc(Cl)cc1)C(N)C(=O)NC1CCCCC1CCC1CNC2CCCS(=O)(=O)N1C2. The molecule has 2 aliphatic heterocycles. The maximum absolute atomic E-state index is 13.4. The van der Waals surface area contributed by atoms with E-state index >= 15 is 0 Å². The summed E-state index contributed by atoms with van der Waals surface area (Å²) in [5, 5.41) is 7.54. The fourth-order valence-corrected chi connectivity index (χ4v) is 8.46. The van der Waals surface area contributed by atoms with E-state index in [9.17, 15) is 13.2 Å². The first-order chi connectivity index (χ1) is 17.2. The molecule has 36 heavy (non-hydrogen) atoms. The number of hydrogen-bond donors (Lipinski definition) is 3. The highest BCUT2D eigenvalue weighted by Crippen LogP contribution is 2.32. The van der Waals surface area contributed by atoms with Crippen molar-refractivity contribution >= 4 is 27.5 Å². The smallest absolute Gasteiger partial charge is 0.237 e. The largest absolute Gasteiger partial charge is 0.352 e. The second kappa shape index (κ2) is 12.1. The number of fused-ring (bicyclic) bond motifs is 2. The van der Waals surface area contributed by atoms with E-state index in [0.29, 0.717) is 17.5 Å². The number of carbonyl (C=O) groups is 1. The van der Waals surface area contributed by atoms with Crippen molar-refractivity contribution in [2.24, 2.45) is 17.6 Å². The average molecular weight is 539 g/mol. The second-order valence-corrected chi connectivity index (χ2v) is 13.8. The summed E-state index contributed by atoms with van der Waals surface area (Å²) in [5.41, 5.74) is 7.59. The molecular formula is C27H43ClN4O3S. The molecule has 1 aromatic carbocycles. The van der Waals surface area contributed by atoms with Crippen LogP contribution in [0.3, 0.4) is 0 Å². The quantitative estimate of drug-likeness (QED) is 0.469. The number of nitrogens with two attached hydrogens (primary N) is 1. The van der Waals surface area contributed by atoms with E-state index in [2.05, 4.69) is 24.5 Å². The van der Waals surface area contributed by atoms with Gasteiger partial charge in [-0.1, -0.05) is 50.4 Å². The molecule has 1 amide bonds. The first kappa shape index (κ1) is 27.8. The Kier molecular flexibility index (Phi) is 9.37. The summed E-state index contributed by atoms with van der Waals surface area (Å²) in [6.45, 7) is 5.49. The Morgan fingerprint density at radius 1 is 1.14 bits per heavy atom. The van der Waals surface area contributed by atoms with Crippen molar-refractivity contribution in [2.75, 3.05) is 18.8 Å². The van der Waals surface area contributed by atoms with Crippen molar-refractivity contribution in [3.05, 3.63) is 34.9 Å². The first-order valence-corrected chi connectivity index (χ1v) is 15.7. The molecule has 1 aliphatic carbocycles. The summed E-state index contributed by atoms with van der Waals surface area (Å²) < 4.78 is 27.4. The van der Waals surface area contributed by atoms with Gasteiger partial charge in [-0.2, -0.15) is 4.31 Å². The van der Waals surface area contributed by atoms with Gasteiger partial charge in [0.1, 0.15) is 0 Å². The number of nitrogens with zero attached hydrogens (tertiary/aromatic N) is 1. The predicted octanol–water partition coefficient (Wildman–Crippen LogP) is 3.63. The summed E-state index contributed by atoms with van der Waals surface area (Å²) >= 11 is 6.07. The van der Waals surface area contributed by atoms with E-state index in [-0.39, 0.29) is 41.6 Å². The number of carbonyl (C=O) groups excluding carboxylic acids is 1. The molecule has 1 aromatic rings. The highest BCUT2D eigenvalue weighted by molar-refractivity contribution is 7.89. The molecule has 0 spiro atoms. The lowest BCUT2D eigenvalue weighted by atomic mass is 9.79. The van der Waals surface area contributed by atoms with E-state index < -0.39 is 16.1 Å². The number of benzene rings is 1. The topological polar surface area (TPSA) is 105 Å². The van der Waals surface area contributed by atoms with Crippen LogP contribution in [0, 0.1) is 11.8 Å². The molecule has 3 aliphatic rings. The monoisotopic (exact) mass is 538 g/mol. The number of piperazine rings is 1. The van der Waals surface area contributed by atoms with Gasteiger partial charge in [0, 0.05) is 42.2 Å². The molecule has 202 valence electrons. The first-order valence-electron chi connectivity index (χ1n) is 13.7. The van der Waals surface area contributed by atoms with Crippen LogP contribution in [0.5, 0.6) is 0 Å².